The van der Waals surface area contributed by atoms with Crippen molar-refractivity contribution in [3.8, 4) is 11.5 Å². The molecule has 2 aromatic carbocycles. The molecule has 168 valence electrons. The SMILES string of the molecule is CCC(CC)OC(=O)OC[N+]1(C)CC2c3ccccc3Oc3ccc(Cl)cc3C2C1.[I-]. The number of hydrogen-bond donors (Lipinski definition) is 0. The first kappa shape index (κ1) is 24.1. The van der Waals surface area contributed by atoms with Crippen LogP contribution in [0.1, 0.15) is 49.7 Å². The molecule has 0 amide bonds. The normalized spacial score (nSPS) is 23.5. The van der Waals surface area contributed by atoms with Crippen LogP contribution in [-0.4, -0.2) is 43.6 Å². The van der Waals surface area contributed by atoms with E-state index >= 15 is 0 Å². The molecule has 0 saturated carbocycles. The second-order valence-corrected chi connectivity index (χ2v) is 9.04. The van der Waals surface area contributed by atoms with Crippen LogP contribution in [0.5, 0.6) is 11.5 Å². The molecule has 1 fully saturated rings. The zero-order chi connectivity index (χ0) is 21.3. The van der Waals surface area contributed by atoms with Gasteiger partial charge < -0.3 is 38.2 Å². The van der Waals surface area contributed by atoms with E-state index in [0.29, 0.717) is 9.51 Å². The fourth-order valence-corrected chi connectivity index (χ4v) is 4.93. The first-order valence-corrected chi connectivity index (χ1v) is 11.0. The Hall–Kier alpha value is -1.51. The summed E-state index contributed by atoms with van der Waals surface area (Å²) >= 11 is 6.33. The molecule has 31 heavy (non-hydrogen) atoms. The highest BCUT2D eigenvalue weighted by molar-refractivity contribution is 6.30. The Labute approximate surface area is 206 Å². The van der Waals surface area contributed by atoms with Gasteiger partial charge in [-0.25, -0.2) is 4.79 Å². The topological polar surface area (TPSA) is 44.8 Å². The number of hydrogen-bond acceptors (Lipinski definition) is 4. The van der Waals surface area contributed by atoms with Crippen LogP contribution in [0.25, 0.3) is 0 Å². The zero-order valence-corrected chi connectivity index (χ0v) is 21.1. The van der Waals surface area contributed by atoms with Gasteiger partial charge in [0.15, 0.2) is 0 Å². The summed E-state index contributed by atoms with van der Waals surface area (Å²) in [6.45, 7) is 5.96. The van der Waals surface area contributed by atoms with Gasteiger partial charge in [-0.2, -0.15) is 0 Å². The van der Waals surface area contributed by atoms with E-state index in [1.165, 1.54) is 5.56 Å². The third kappa shape index (κ3) is 5.12. The van der Waals surface area contributed by atoms with Gasteiger partial charge in [-0.05, 0) is 37.1 Å². The molecule has 0 aromatic heterocycles. The number of para-hydroxylation sites is 1. The lowest BCUT2D eigenvalue weighted by Gasteiger charge is -2.29. The van der Waals surface area contributed by atoms with E-state index in [0.717, 1.165) is 43.0 Å². The van der Waals surface area contributed by atoms with Gasteiger partial charge in [-0.15, -0.1) is 0 Å². The Kier molecular flexibility index (Phi) is 7.76. The number of quaternary nitrogens is 1. The maximum Gasteiger partial charge on any atom is 0.512 e. The van der Waals surface area contributed by atoms with Crippen LogP contribution in [0, 0.1) is 0 Å². The quantitative estimate of drug-likeness (QED) is 0.322. The third-order valence-corrected chi connectivity index (χ3v) is 6.57. The lowest BCUT2D eigenvalue weighted by molar-refractivity contribution is -0.915. The van der Waals surface area contributed by atoms with Gasteiger partial charge in [0.1, 0.15) is 17.6 Å². The monoisotopic (exact) mass is 557 g/mol. The van der Waals surface area contributed by atoms with Crippen LogP contribution in [0.4, 0.5) is 4.79 Å². The molecule has 0 aliphatic carbocycles. The Bertz CT molecular complexity index is 936. The van der Waals surface area contributed by atoms with Crippen molar-refractivity contribution in [2.45, 2.75) is 44.6 Å². The summed E-state index contributed by atoms with van der Waals surface area (Å²) in [7, 11) is 2.13. The summed E-state index contributed by atoms with van der Waals surface area (Å²) < 4.78 is 17.8. The first-order valence-electron chi connectivity index (χ1n) is 10.7. The van der Waals surface area contributed by atoms with Crippen molar-refractivity contribution in [2.75, 3.05) is 26.9 Å². The van der Waals surface area contributed by atoms with E-state index in [1.807, 2.05) is 50.2 Å². The molecule has 7 heteroatoms. The molecule has 3 unspecified atom stereocenters. The molecule has 2 aliphatic heterocycles. The number of carbonyl (C=O) groups excluding carboxylic acids is 1. The Morgan fingerprint density at radius 3 is 2.45 bits per heavy atom. The van der Waals surface area contributed by atoms with E-state index in [-0.39, 0.29) is 48.6 Å². The molecule has 3 atom stereocenters. The highest BCUT2D eigenvalue weighted by Crippen LogP contribution is 2.51. The predicted molar refractivity (Wildman–Crippen MR) is 116 cm³/mol. The smallest absolute Gasteiger partial charge is 0.512 e. The van der Waals surface area contributed by atoms with Crippen molar-refractivity contribution in [1.29, 1.82) is 0 Å². The number of likely N-dealkylation sites (N-methyl/N-ethyl adjacent to an activating group) is 1. The fourth-order valence-electron chi connectivity index (χ4n) is 4.75. The fraction of sp³-hybridized carbons (Fsp3) is 0.458. The lowest BCUT2D eigenvalue weighted by atomic mass is 9.84. The van der Waals surface area contributed by atoms with Crippen molar-refractivity contribution in [1.82, 2.24) is 0 Å². The van der Waals surface area contributed by atoms with Crippen LogP contribution in [0.15, 0.2) is 42.5 Å². The first-order chi connectivity index (χ1) is 14.4. The number of carbonyl (C=O) groups is 1. The van der Waals surface area contributed by atoms with E-state index in [1.54, 1.807) is 0 Å². The van der Waals surface area contributed by atoms with Crippen LogP contribution < -0.4 is 28.7 Å². The highest BCUT2D eigenvalue weighted by atomic mass is 127. The van der Waals surface area contributed by atoms with Crippen molar-refractivity contribution in [3.05, 3.63) is 58.6 Å². The molecule has 2 aromatic rings. The average Bonchev–Trinajstić information content (AvgIpc) is 3.04. The lowest BCUT2D eigenvalue weighted by Crippen LogP contribution is -3.00. The molecule has 2 aliphatic rings. The minimum atomic E-state index is -0.581. The summed E-state index contributed by atoms with van der Waals surface area (Å²) in [4.78, 5) is 12.2. The molecule has 0 bridgehead atoms. The summed E-state index contributed by atoms with van der Waals surface area (Å²) in [6.07, 6.45) is 0.903. The molecule has 5 nitrogen and oxygen atoms in total. The molecule has 1 saturated heterocycles. The van der Waals surface area contributed by atoms with Crippen molar-refractivity contribution >= 4 is 17.8 Å². The van der Waals surface area contributed by atoms with Crippen LogP contribution in [0.3, 0.4) is 0 Å². The maximum absolute atomic E-state index is 12.2. The van der Waals surface area contributed by atoms with Crippen LogP contribution in [-0.2, 0) is 9.47 Å². The van der Waals surface area contributed by atoms with Gasteiger partial charge in [-0.3, -0.25) is 4.48 Å². The Balaban J connectivity index is 0.00000272. The van der Waals surface area contributed by atoms with Crippen molar-refractivity contribution in [2.24, 2.45) is 0 Å². The average molecular weight is 558 g/mol. The molecule has 4 rings (SSSR count). The molecular weight excluding hydrogens is 529 g/mol. The highest BCUT2D eigenvalue weighted by Gasteiger charge is 2.48. The second-order valence-electron chi connectivity index (χ2n) is 8.60. The molecular formula is C24H29ClINO4. The van der Waals surface area contributed by atoms with E-state index in [9.17, 15) is 4.79 Å². The third-order valence-electron chi connectivity index (χ3n) is 6.34. The van der Waals surface area contributed by atoms with Gasteiger partial charge in [0.2, 0.25) is 6.73 Å². The van der Waals surface area contributed by atoms with E-state index < -0.39 is 6.16 Å². The number of ether oxygens (including phenoxy) is 3. The summed E-state index contributed by atoms with van der Waals surface area (Å²) in [6, 6.07) is 14.0. The van der Waals surface area contributed by atoms with Gasteiger partial charge in [0.05, 0.1) is 20.1 Å². The minimum absolute atomic E-state index is 0. The summed E-state index contributed by atoms with van der Waals surface area (Å²) in [5, 5.41) is 0.702. The summed E-state index contributed by atoms with van der Waals surface area (Å²) in [5.74, 6) is 2.22. The number of halogens is 2. The molecule has 0 radical (unpaired) electrons. The number of fused-ring (bicyclic) bond motifs is 5. The van der Waals surface area contributed by atoms with E-state index in [2.05, 4.69) is 13.1 Å². The Morgan fingerprint density at radius 1 is 1.10 bits per heavy atom. The number of nitrogens with zero attached hydrogens (tertiary/aromatic N) is 1. The number of rotatable bonds is 5. The zero-order valence-electron chi connectivity index (χ0n) is 18.1. The largest absolute Gasteiger partial charge is 1.00 e. The standard InChI is InChI=1S/C24H29ClNO4.HI/c1-4-17(5-2)29-24(27)28-15-26(3)13-20-18-8-6-7-9-22(18)30-23-11-10-16(25)12-19(23)21(20)14-26;/h6-12,17,20-21H,4-5,13-15H2,1-3H3;1H/q+1;/p-1. The maximum atomic E-state index is 12.2. The Morgan fingerprint density at radius 2 is 1.74 bits per heavy atom. The van der Waals surface area contributed by atoms with Crippen molar-refractivity contribution < 1.29 is 47.5 Å². The van der Waals surface area contributed by atoms with Gasteiger partial charge in [0.25, 0.3) is 0 Å². The van der Waals surface area contributed by atoms with Crippen LogP contribution in [0.2, 0.25) is 5.02 Å². The van der Waals surface area contributed by atoms with Gasteiger partial charge >= 0.3 is 6.16 Å². The predicted octanol–water partition coefficient (Wildman–Crippen LogP) is 3.08. The van der Waals surface area contributed by atoms with E-state index in [4.69, 9.17) is 25.8 Å². The second kappa shape index (κ2) is 9.96. The van der Waals surface area contributed by atoms with Gasteiger partial charge in [-0.1, -0.05) is 43.6 Å². The van der Waals surface area contributed by atoms with Gasteiger partial charge in [0, 0.05) is 28.0 Å². The number of benzene rings is 2. The van der Waals surface area contributed by atoms with Crippen molar-refractivity contribution in [3.63, 3.8) is 0 Å². The minimum Gasteiger partial charge on any atom is -1.00 e. The number of likely N-dealkylation sites (tertiary alicyclic amines) is 1. The molecule has 2 heterocycles. The van der Waals surface area contributed by atoms with Crippen LogP contribution >= 0.6 is 11.6 Å². The summed E-state index contributed by atoms with van der Waals surface area (Å²) in [5.41, 5.74) is 2.31. The molecule has 0 N–H and O–H groups in total. The molecule has 0 spiro atoms.